The first-order valence-electron chi connectivity index (χ1n) is 4.10. The molecular formula is C8H13F3O. The van der Waals surface area contributed by atoms with Crippen LogP contribution in [0.3, 0.4) is 0 Å². The Kier molecular flexibility index (Phi) is 2.66. The molecule has 12 heavy (non-hydrogen) atoms. The van der Waals surface area contributed by atoms with Gasteiger partial charge in [-0.05, 0) is 18.8 Å². The fourth-order valence-electron chi connectivity index (χ4n) is 1.50. The highest BCUT2D eigenvalue weighted by atomic mass is 19.3. The third-order valence-electron chi connectivity index (χ3n) is 2.60. The molecule has 1 N–H and O–H groups in total. The first kappa shape index (κ1) is 9.84. The molecule has 1 rings (SSSR count). The third-order valence-corrected chi connectivity index (χ3v) is 2.60. The Balaban J connectivity index is 2.60. The summed E-state index contributed by atoms with van der Waals surface area (Å²) in [5.74, 6) is -0.205. The van der Waals surface area contributed by atoms with Gasteiger partial charge in [-0.1, -0.05) is 6.92 Å². The van der Waals surface area contributed by atoms with Crippen molar-refractivity contribution >= 4 is 0 Å². The Labute approximate surface area is 69.6 Å². The number of rotatable bonds is 1. The molecule has 0 aromatic carbocycles. The molecule has 0 bridgehead atoms. The molecule has 0 heterocycles. The Morgan fingerprint density at radius 1 is 1.50 bits per heavy atom. The second kappa shape index (κ2) is 3.24. The fourth-order valence-corrected chi connectivity index (χ4v) is 1.50. The van der Waals surface area contributed by atoms with Crippen molar-refractivity contribution in [2.45, 2.75) is 44.4 Å². The highest BCUT2D eigenvalue weighted by Crippen LogP contribution is 2.37. The molecule has 0 saturated heterocycles. The van der Waals surface area contributed by atoms with Gasteiger partial charge in [0.15, 0.2) is 0 Å². The van der Waals surface area contributed by atoms with Crippen LogP contribution < -0.4 is 0 Å². The van der Waals surface area contributed by atoms with Crippen LogP contribution in [0.15, 0.2) is 0 Å². The van der Waals surface area contributed by atoms with E-state index < -0.39 is 24.6 Å². The number of hydrogen-bond acceptors (Lipinski definition) is 1. The predicted octanol–water partition coefficient (Wildman–Crippen LogP) is 2.14. The summed E-state index contributed by atoms with van der Waals surface area (Å²) in [7, 11) is 0. The van der Waals surface area contributed by atoms with E-state index in [2.05, 4.69) is 0 Å². The molecule has 0 aromatic rings. The Hall–Kier alpha value is -0.250. The summed E-state index contributed by atoms with van der Waals surface area (Å²) in [6, 6.07) is 0. The van der Waals surface area contributed by atoms with Crippen LogP contribution in [-0.4, -0.2) is 23.3 Å². The highest BCUT2D eigenvalue weighted by Gasteiger charge is 2.44. The van der Waals surface area contributed by atoms with Crippen LogP contribution in [-0.2, 0) is 0 Å². The van der Waals surface area contributed by atoms with Crippen LogP contribution in [0.2, 0.25) is 0 Å². The van der Waals surface area contributed by atoms with Crippen LogP contribution in [0.25, 0.3) is 0 Å². The average molecular weight is 182 g/mol. The molecule has 1 saturated carbocycles. The molecule has 1 nitrogen and oxygen atoms in total. The minimum absolute atomic E-state index is 0.00620. The second-order valence-electron chi connectivity index (χ2n) is 3.64. The maximum absolute atomic E-state index is 12.9. The predicted molar refractivity (Wildman–Crippen MR) is 38.9 cm³/mol. The van der Waals surface area contributed by atoms with Crippen molar-refractivity contribution in [3.63, 3.8) is 0 Å². The van der Waals surface area contributed by atoms with Crippen molar-refractivity contribution in [3.8, 4) is 0 Å². The molecule has 1 aliphatic rings. The van der Waals surface area contributed by atoms with Crippen LogP contribution in [0.4, 0.5) is 13.2 Å². The lowest BCUT2D eigenvalue weighted by Crippen LogP contribution is -2.45. The van der Waals surface area contributed by atoms with E-state index in [0.717, 1.165) is 0 Å². The van der Waals surface area contributed by atoms with E-state index in [1.807, 2.05) is 0 Å². The first-order chi connectivity index (χ1) is 5.46. The van der Waals surface area contributed by atoms with Crippen molar-refractivity contribution < 1.29 is 18.3 Å². The van der Waals surface area contributed by atoms with Gasteiger partial charge in [0.1, 0.15) is 11.8 Å². The summed E-state index contributed by atoms with van der Waals surface area (Å²) in [4.78, 5) is 0. The van der Waals surface area contributed by atoms with Crippen molar-refractivity contribution in [3.05, 3.63) is 0 Å². The molecular weight excluding hydrogens is 169 g/mol. The van der Waals surface area contributed by atoms with Crippen molar-refractivity contribution in [1.82, 2.24) is 0 Å². The number of alkyl halides is 3. The van der Waals surface area contributed by atoms with E-state index in [0.29, 0.717) is 6.42 Å². The molecule has 3 atom stereocenters. The Bertz CT molecular complexity index is 162. The highest BCUT2D eigenvalue weighted by molar-refractivity contribution is 4.91. The van der Waals surface area contributed by atoms with E-state index in [4.69, 9.17) is 0 Å². The van der Waals surface area contributed by atoms with Gasteiger partial charge in [-0.25, -0.2) is 13.2 Å². The second-order valence-corrected chi connectivity index (χ2v) is 3.64. The average Bonchev–Trinajstić information content (AvgIpc) is 1.97. The molecule has 0 spiro atoms. The lowest BCUT2D eigenvalue weighted by Gasteiger charge is -2.36. The van der Waals surface area contributed by atoms with Gasteiger partial charge < -0.3 is 5.11 Å². The monoisotopic (exact) mass is 182 g/mol. The minimum Gasteiger partial charge on any atom is -0.384 e. The number of aliphatic hydroxyl groups is 1. The van der Waals surface area contributed by atoms with Gasteiger partial charge in [0.2, 0.25) is 0 Å². The molecule has 4 heteroatoms. The molecule has 0 amide bonds. The standard InChI is InChI=1S/C8H13F3O/c1-5-2-3-8(12,7(10)11)4-6(5)9/h5-7,12H,2-4H2,1H3. The van der Waals surface area contributed by atoms with Gasteiger partial charge in [-0.3, -0.25) is 0 Å². The minimum atomic E-state index is -2.83. The van der Waals surface area contributed by atoms with Crippen molar-refractivity contribution in [2.24, 2.45) is 5.92 Å². The quantitative estimate of drug-likeness (QED) is 0.658. The molecule has 3 unspecified atom stereocenters. The zero-order valence-electron chi connectivity index (χ0n) is 6.93. The maximum atomic E-state index is 12.9. The van der Waals surface area contributed by atoms with Crippen LogP contribution >= 0.6 is 0 Å². The first-order valence-corrected chi connectivity index (χ1v) is 4.10. The van der Waals surface area contributed by atoms with E-state index in [9.17, 15) is 18.3 Å². The molecule has 0 radical (unpaired) electrons. The zero-order chi connectivity index (χ0) is 9.35. The van der Waals surface area contributed by atoms with Gasteiger partial charge in [0.05, 0.1) is 0 Å². The van der Waals surface area contributed by atoms with Crippen LogP contribution in [0.1, 0.15) is 26.2 Å². The zero-order valence-corrected chi connectivity index (χ0v) is 6.93. The Morgan fingerprint density at radius 2 is 2.08 bits per heavy atom. The Morgan fingerprint density at radius 3 is 2.50 bits per heavy atom. The summed E-state index contributed by atoms with van der Waals surface area (Å²) >= 11 is 0. The van der Waals surface area contributed by atoms with Gasteiger partial charge in [0.25, 0.3) is 6.43 Å². The largest absolute Gasteiger partial charge is 0.384 e. The third kappa shape index (κ3) is 1.73. The van der Waals surface area contributed by atoms with Crippen molar-refractivity contribution in [2.75, 3.05) is 0 Å². The summed E-state index contributed by atoms with van der Waals surface area (Å²) in [6.07, 6.45) is -4.21. The number of halogens is 3. The number of hydrogen-bond donors (Lipinski definition) is 1. The summed E-state index contributed by atoms with van der Waals surface area (Å²) in [6.45, 7) is 1.68. The summed E-state index contributed by atoms with van der Waals surface area (Å²) in [5, 5.41) is 9.25. The lowest BCUT2D eigenvalue weighted by molar-refractivity contribution is -0.137. The van der Waals surface area contributed by atoms with E-state index >= 15 is 0 Å². The van der Waals surface area contributed by atoms with E-state index in [1.54, 1.807) is 6.92 Å². The van der Waals surface area contributed by atoms with Gasteiger partial charge >= 0.3 is 0 Å². The van der Waals surface area contributed by atoms with Gasteiger partial charge in [-0.15, -0.1) is 0 Å². The topological polar surface area (TPSA) is 20.2 Å². The smallest absolute Gasteiger partial charge is 0.266 e. The lowest BCUT2D eigenvalue weighted by atomic mass is 9.78. The van der Waals surface area contributed by atoms with Gasteiger partial charge in [0, 0.05) is 6.42 Å². The molecule has 1 aliphatic carbocycles. The maximum Gasteiger partial charge on any atom is 0.266 e. The van der Waals surface area contributed by atoms with Crippen molar-refractivity contribution in [1.29, 1.82) is 0 Å². The van der Waals surface area contributed by atoms with Gasteiger partial charge in [-0.2, -0.15) is 0 Å². The summed E-state index contributed by atoms with van der Waals surface area (Å²) in [5.41, 5.74) is -2.08. The fraction of sp³-hybridized carbons (Fsp3) is 1.00. The molecule has 0 aliphatic heterocycles. The molecule has 72 valence electrons. The van der Waals surface area contributed by atoms with E-state index in [-0.39, 0.29) is 12.3 Å². The van der Waals surface area contributed by atoms with Crippen LogP contribution in [0.5, 0.6) is 0 Å². The molecule has 0 aromatic heterocycles. The SMILES string of the molecule is CC1CCC(O)(C(F)F)CC1F. The molecule has 1 fully saturated rings. The van der Waals surface area contributed by atoms with Crippen LogP contribution in [0, 0.1) is 5.92 Å². The normalized spacial score (nSPS) is 43.5. The van der Waals surface area contributed by atoms with E-state index in [1.165, 1.54) is 0 Å². The summed E-state index contributed by atoms with van der Waals surface area (Å²) < 4.78 is 37.3.